The Morgan fingerprint density at radius 1 is 1.27 bits per heavy atom. The van der Waals surface area contributed by atoms with Crippen molar-refractivity contribution in [2.75, 3.05) is 6.61 Å². The second-order valence-corrected chi connectivity index (χ2v) is 2.23. The summed E-state index contributed by atoms with van der Waals surface area (Å²) in [6, 6.07) is 6.36. The lowest BCUT2D eigenvalue weighted by atomic mass is 10.3. The summed E-state index contributed by atoms with van der Waals surface area (Å²) in [5.74, 6) is 0.245. The van der Waals surface area contributed by atoms with Crippen LogP contribution in [0.2, 0.25) is 5.02 Å². The Bertz CT molecular complexity index is 163. The number of aliphatic hydroxyl groups is 1. The maximum Gasteiger partial charge on any atom is 0.115 e. The number of rotatable bonds is 0. The zero-order valence-corrected chi connectivity index (χ0v) is 7.04. The van der Waals surface area contributed by atoms with Crippen molar-refractivity contribution in [1.82, 2.24) is 0 Å². The summed E-state index contributed by atoms with van der Waals surface area (Å²) in [5, 5.41) is 16.9. The Kier molecular flexibility index (Phi) is 5.61. The van der Waals surface area contributed by atoms with E-state index in [1.165, 1.54) is 0 Å². The molecular formula is C8H11ClO2. The van der Waals surface area contributed by atoms with E-state index in [9.17, 15) is 0 Å². The van der Waals surface area contributed by atoms with Crippen molar-refractivity contribution in [3.05, 3.63) is 29.3 Å². The van der Waals surface area contributed by atoms with Crippen molar-refractivity contribution in [1.29, 1.82) is 0 Å². The Labute approximate surface area is 71.1 Å². The highest BCUT2D eigenvalue weighted by Gasteiger charge is 1.84. The molecule has 0 fully saturated rings. The normalized spacial score (nSPS) is 8.27. The third-order valence-electron chi connectivity index (χ3n) is 0.827. The molecule has 0 unspecified atom stereocenters. The van der Waals surface area contributed by atoms with Crippen LogP contribution in [0.25, 0.3) is 0 Å². The van der Waals surface area contributed by atoms with Crippen LogP contribution >= 0.6 is 11.6 Å². The number of halogens is 1. The molecule has 0 heterocycles. The van der Waals surface area contributed by atoms with Crippen LogP contribution in [0.4, 0.5) is 0 Å². The minimum atomic E-state index is 0.245. The van der Waals surface area contributed by atoms with Crippen LogP contribution in [0.1, 0.15) is 6.92 Å². The molecule has 1 aromatic carbocycles. The predicted molar refractivity (Wildman–Crippen MR) is 45.9 cm³/mol. The number of hydrogen-bond donors (Lipinski definition) is 2. The highest BCUT2D eigenvalue weighted by Crippen LogP contribution is 2.12. The summed E-state index contributed by atoms with van der Waals surface area (Å²) in [6.45, 7) is 1.93. The van der Waals surface area contributed by atoms with Gasteiger partial charge in [-0.2, -0.15) is 0 Å². The summed E-state index contributed by atoms with van der Waals surface area (Å²) >= 11 is 5.50. The third kappa shape index (κ3) is 5.70. The van der Waals surface area contributed by atoms with Gasteiger partial charge in [0.15, 0.2) is 0 Å². The zero-order chi connectivity index (χ0) is 8.69. The van der Waals surface area contributed by atoms with Crippen LogP contribution in [0.3, 0.4) is 0 Å². The maximum absolute atomic E-state index is 8.70. The molecular weight excluding hydrogens is 164 g/mol. The van der Waals surface area contributed by atoms with E-state index in [0.717, 1.165) is 0 Å². The van der Waals surface area contributed by atoms with Crippen LogP contribution in [0.15, 0.2) is 24.3 Å². The van der Waals surface area contributed by atoms with Crippen molar-refractivity contribution in [2.24, 2.45) is 0 Å². The largest absolute Gasteiger partial charge is 0.508 e. The number of phenols is 1. The minimum absolute atomic E-state index is 0.245. The molecule has 62 valence electrons. The highest BCUT2D eigenvalue weighted by molar-refractivity contribution is 6.30. The fraction of sp³-hybridized carbons (Fsp3) is 0.250. The number of aliphatic hydroxyl groups excluding tert-OH is 1. The van der Waals surface area contributed by atoms with Crippen molar-refractivity contribution < 1.29 is 10.2 Å². The lowest BCUT2D eigenvalue weighted by Crippen LogP contribution is -1.61. The van der Waals surface area contributed by atoms with Crippen molar-refractivity contribution in [2.45, 2.75) is 6.92 Å². The number of hydrogen-bond acceptors (Lipinski definition) is 2. The Morgan fingerprint density at radius 3 is 1.91 bits per heavy atom. The molecule has 0 aliphatic carbocycles. The molecule has 1 aromatic rings. The van der Waals surface area contributed by atoms with E-state index in [4.69, 9.17) is 21.8 Å². The lowest BCUT2D eigenvalue weighted by Gasteiger charge is -1.87. The number of phenolic OH excluding ortho intramolecular Hbond substituents is 1. The third-order valence-corrected chi connectivity index (χ3v) is 1.08. The van der Waals surface area contributed by atoms with E-state index in [1.54, 1.807) is 31.2 Å². The van der Waals surface area contributed by atoms with Gasteiger partial charge in [0.2, 0.25) is 0 Å². The van der Waals surface area contributed by atoms with E-state index in [0.29, 0.717) is 5.02 Å². The van der Waals surface area contributed by atoms with Crippen LogP contribution in [0.5, 0.6) is 5.75 Å². The molecule has 0 aromatic heterocycles. The molecule has 11 heavy (non-hydrogen) atoms. The van der Waals surface area contributed by atoms with Crippen LogP contribution in [-0.2, 0) is 0 Å². The standard InChI is InChI=1S/C6H5ClO.C2H6O/c7-5-1-3-6(8)4-2-5;1-2-3/h1-4,8H;3H,2H2,1H3. The van der Waals surface area contributed by atoms with Crippen LogP contribution in [0, 0.1) is 0 Å². The van der Waals surface area contributed by atoms with Gasteiger partial charge in [-0.25, -0.2) is 0 Å². The van der Waals surface area contributed by atoms with Crippen molar-refractivity contribution in [3.8, 4) is 5.75 Å². The van der Waals surface area contributed by atoms with Crippen LogP contribution < -0.4 is 0 Å². The van der Waals surface area contributed by atoms with Gasteiger partial charge in [0.05, 0.1) is 0 Å². The summed E-state index contributed by atoms with van der Waals surface area (Å²) in [7, 11) is 0. The molecule has 0 atom stereocenters. The second kappa shape index (κ2) is 6.01. The van der Waals surface area contributed by atoms with Gasteiger partial charge in [0.1, 0.15) is 5.75 Å². The average Bonchev–Trinajstić information content (AvgIpc) is 1.97. The molecule has 3 heteroatoms. The van der Waals surface area contributed by atoms with Gasteiger partial charge in [-0.05, 0) is 31.2 Å². The molecule has 1 rings (SSSR count). The summed E-state index contributed by atoms with van der Waals surface area (Å²) in [5.41, 5.74) is 0. The zero-order valence-electron chi connectivity index (χ0n) is 6.29. The SMILES string of the molecule is CCO.Oc1ccc(Cl)cc1. The monoisotopic (exact) mass is 174 g/mol. The van der Waals surface area contributed by atoms with E-state index in [2.05, 4.69) is 0 Å². The molecule has 0 bridgehead atoms. The molecule has 0 spiro atoms. The number of aromatic hydroxyl groups is 1. The molecule has 2 nitrogen and oxygen atoms in total. The summed E-state index contributed by atoms with van der Waals surface area (Å²) in [4.78, 5) is 0. The first-order valence-electron chi connectivity index (χ1n) is 3.26. The smallest absolute Gasteiger partial charge is 0.115 e. The molecule has 0 saturated heterocycles. The van der Waals surface area contributed by atoms with Crippen molar-refractivity contribution >= 4 is 11.6 Å². The van der Waals surface area contributed by atoms with Gasteiger partial charge in [-0.1, -0.05) is 11.6 Å². The Balaban J connectivity index is 0.000000292. The van der Waals surface area contributed by atoms with Gasteiger partial charge in [-0.15, -0.1) is 0 Å². The molecule has 0 amide bonds. The highest BCUT2D eigenvalue weighted by atomic mass is 35.5. The van der Waals surface area contributed by atoms with Crippen molar-refractivity contribution in [3.63, 3.8) is 0 Å². The van der Waals surface area contributed by atoms with Gasteiger partial charge in [0.25, 0.3) is 0 Å². The maximum atomic E-state index is 8.70. The van der Waals surface area contributed by atoms with Gasteiger partial charge >= 0.3 is 0 Å². The molecule has 0 radical (unpaired) electrons. The first-order valence-corrected chi connectivity index (χ1v) is 3.64. The minimum Gasteiger partial charge on any atom is -0.508 e. The first kappa shape index (κ1) is 10.3. The Morgan fingerprint density at radius 2 is 1.64 bits per heavy atom. The predicted octanol–water partition coefficient (Wildman–Crippen LogP) is 2.04. The van der Waals surface area contributed by atoms with E-state index < -0.39 is 0 Å². The Hall–Kier alpha value is -0.730. The van der Waals surface area contributed by atoms with Crippen LogP contribution in [-0.4, -0.2) is 16.8 Å². The second-order valence-electron chi connectivity index (χ2n) is 1.79. The fourth-order valence-electron chi connectivity index (χ4n) is 0.441. The van der Waals surface area contributed by atoms with Gasteiger partial charge < -0.3 is 10.2 Å². The first-order chi connectivity index (χ1) is 5.20. The molecule has 2 N–H and O–H groups in total. The van der Waals surface area contributed by atoms with E-state index in [1.807, 2.05) is 0 Å². The lowest BCUT2D eigenvalue weighted by molar-refractivity contribution is 0.318. The topological polar surface area (TPSA) is 40.5 Å². The fourth-order valence-corrected chi connectivity index (χ4v) is 0.567. The molecule has 0 aliphatic heterocycles. The molecule has 0 aliphatic rings. The molecule has 0 saturated carbocycles. The average molecular weight is 175 g/mol. The quantitative estimate of drug-likeness (QED) is 0.632. The number of benzene rings is 1. The summed E-state index contributed by atoms with van der Waals surface area (Å²) in [6.07, 6.45) is 0. The van der Waals surface area contributed by atoms with E-state index >= 15 is 0 Å². The summed E-state index contributed by atoms with van der Waals surface area (Å²) < 4.78 is 0. The van der Waals surface area contributed by atoms with Gasteiger partial charge in [0, 0.05) is 11.6 Å². The van der Waals surface area contributed by atoms with Gasteiger partial charge in [-0.3, -0.25) is 0 Å². The van der Waals surface area contributed by atoms with E-state index in [-0.39, 0.29) is 12.4 Å².